The van der Waals surface area contributed by atoms with Crippen molar-refractivity contribution in [2.75, 3.05) is 38.1 Å². The van der Waals surface area contributed by atoms with Crippen molar-refractivity contribution >= 4 is 23.3 Å². The van der Waals surface area contributed by atoms with Crippen molar-refractivity contribution in [2.24, 2.45) is 16.7 Å². The topological polar surface area (TPSA) is 82.4 Å². The summed E-state index contributed by atoms with van der Waals surface area (Å²) < 4.78 is 2.10. The molecule has 1 fully saturated rings. The Balaban J connectivity index is 1.50. The molecule has 0 saturated carbocycles. The number of carbonyl (C=O) groups excluding carboxylic acids is 1. The summed E-state index contributed by atoms with van der Waals surface area (Å²) >= 11 is 6.56. The lowest BCUT2D eigenvalue weighted by atomic mass is 9.74. The zero-order chi connectivity index (χ0) is 24.8. The minimum atomic E-state index is -0.385. The molecule has 5 rings (SSSR count). The molecule has 8 heteroatoms. The van der Waals surface area contributed by atoms with E-state index in [4.69, 9.17) is 11.6 Å². The first-order valence-corrected chi connectivity index (χ1v) is 12.7. The highest BCUT2D eigenvalue weighted by Gasteiger charge is 2.45. The average Bonchev–Trinajstić information content (AvgIpc) is 3.17. The van der Waals surface area contributed by atoms with Gasteiger partial charge in [-0.3, -0.25) is 4.79 Å². The second-order valence-corrected chi connectivity index (χ2v) is 11.3. The Morgan fingerprint density at radius 3 is 2.77 bits per heavy atom. The third-order valence-electron chi connectivity index (χ3n) is 7.57. The van der Waals surface area contributed by atoms with Crippen molar-refractivity contribution in [2.45, 2.75) is 33.4 Å². The zero-order valence-corrected chi connectivity index (χ0v) is 21.3. The number of nitrogens with zero attached hydrogens (tertiary/aromatic N) is 3. The summed E-state index contributed by atoms with van der Waals surface area (Å²) in [6, 6.07) is 4.16. The van der Waals surface area contributed by atoms with Crippen LogP contribution >= 0.6 is 11.6 Å². The Kier molecular flexibility index (Phi) is 6.28. The standard InChI is InChI=1S/C27H34ClN5O2/c1-18(2)31-24-9-21(22(28)10-30-24)19-8-23-25(35)33(12-20-6-4-5-7-26(20,3)17-34)16-27(13-29-14-27)15-32(23)11-19/h4-11,18,20,29,34H,12-17H2,1-3H3,(H,30,31). The minimum absolute atomic E-state index is 0.00651. The number of aliphatic hydroxyl groups is 1. The maximum absolute atomic E-state index is 13.9. The predicted molar refractivity (Wildman–Crippen MR) is 140 cm³/mol. The van der Waals surface area contributed by atoms with Gasteiger partial charge in [0.25, 0.3) is 5.91 Å². The molecule has 1 aliphatic carbocycles. The lowest BCUT2D eigenvalue weighted by Gasteiger charge is -2.45. The number of halogens is 1. The van der Waals surface area contributed by atoms with Gasteiger partial charge in [0.15, 0.2) is 0 Å². The van der Waals surface area contributed by atoms with Crippen molar-refractivity contribution in [3.05, 3.63) is 59.5 Å². The van der Waals surface area contributed by atoms with E-state index < -0.39 is 0 Å². The molecule has 1 saturated heterocycles. The molecule has 0 bridgehead atoms. The third-order valence-corrected chi connectivity index (χ3v) is 7.88. The Labute approximate surface area is 211 Å². The third kappa shape index (κ3) is 4.53. The Bertz CT molecular complexity index is 1180. The summed E-state index contributed by atoms with van der Waals surface area (Å²) in [7, 11) is 0. The number of pyridine rings is 1. The number of rotatable bonds is 6. The van der Waals surface area contributed by atoms with Crippen LogP contribution in [-0.2, 0) is 6.54 Å². The number of nitrogens with one attached hydrogen (secondary N) is 2. The van der Waals surface area contributed by atoms with Gasteiger partial charge in [-0.2, -0.15) is 0 Å². The lowest BCUT2D eigenvalue weighted by molar-refractivity contribution is 0.0444. The van der Waals surface area contributed by atoms with E-state index in [1.54, 1.807) is 6.20 Å². The molecule has 186 valence electrons. The van der Waals surface area contributed by atoms with E-state index >= 15 is 0 Å². The number of fused-ring (bicyclic) bond motifs is 1. The molecule has 2 aliphatic heterocycles. The number of anilines is 1. The van der Waals surface area contributed by atoms with Crippen LogP contribution in [0.2, 0.25) is 5.02 Å². The van der Waals surface area contributed by atoms with Gasteiger partial charge in [-0.05, 0) is 26.0 Å². The molecule has 2 aromatic heterocycles. The summed E-state index contributed by atoms with van der Waals surface area (Å²) in [6.45, 7) is 10.0. The zero-order valence-electron chi connectivity index (χ0n) is 20.6. The van der Waals surface area contributed by atoms with Crippen LogP contribution in [-0.4, -0.2) is 64.3 Å². The van der Waals surface area contributed by atoms with Crippen molar-refractivity contribution < 1.29 is 9.90 Å². The van der Waals surface area contributed by atoms with Crippen molar-refractivity contribution in [1.29, 1.82) is 0 Å². The number of aromatic nitrogens is 2. The monoisotopic (exact) mass is 495 g/mol. The molecule has 1 amide bonds. The molecule has 3 aliphatic rings. The van der Waals surface area contributed by atoms with Gasteiger partial charge in [0.1, 0.15) is 11.5 Å². The van der Waals surface area contributed by atoms with Crippen LogP contribution in [0.5, 0.6) is 0 Å². The molecule has 0 radical (unpaired) electrons. The average molecular weight is 496 g/mol. The summed E-state index contributed by atoms with van der Waals surface area (Å²) in [6.07, 6.45) is 11.9. The van der Waals surface area contributed by atoms with Crippen LogP contribution < -0.4 is 10.6 Å². The predicted octanol–water partition coefficient (Wildman–Crippen LogP) is 3.81. The van der Waals surface area contributed by atoms with E-state index in [9.17, 15) is 9.90 Å². The van der Waals surface area contributed by atoms with Crippen molar-refractivity contribution in [1.82, 2.24) is 19.8 Å². The summed E-state index contributed by atoms with van der Waals surface area (Å²) in [5, 5.41) is 17.4. The van der Waals surface area contributed by atoms with Crippen molar-refractivity contribution in [3.63, 3.8) is 0 Å². The maximum atomic E-state index is 13.9. The van der Waals surface area contributed by atoms with Gasteiger partial charge in [-0.25, -0.2) is 4.98 Å². The largest absolute Gasteiger partial charge is 0.395 e. The normalized spacial score (nSPS) is 25.0. The van der Waals surface area contributed by atoms with Crippen LogP contribution in [0.3, 0.4) is 0 Å². The number of aliphatic hydroxyl groups excluding tert-OH is 1. The highest BCUT2D eigenvalue weighted by molar-refractivity contribution is 6.33. The fraction of sp³-hybridized carbons (Fsp3) is 0.481. The Morgan fingerprint density at radius 1 is 1.29 bits per heavy atom. The van der Waals surface area contributed by atoms with Crippen LogP contribution in [0.4, 0.5) is 5.82 Å². The van der Waals surface area contributed by atoms with E-state index in [0.29, 0.717) is 23.8 Å². The molecular formula is C27H34ClN5O2. The summed E-state index contributed by atoms with van der Waals surface area (Å²) in [5.41, 5.74) is 2.06. The molecule has 1 spiro atoms. The first kappa shape index (κ1) is 24.1. The molecule has 2 aromatic rings. The van der Waals surface area contributed by atoms with Gasteiger partial charge < -0.3 is 25.2 Å². The minimum Gasteiger partial charge on any atom is -0.395 e. The molecule has 2 atom stereocenters. The fourth-order valence-electron chi connectivity index (χ4n) is 5.40. The highest BCUT2D eigenvalue weighted by atomic mass is 35.5. The molecule has 4 heterocycles. The van der Waals surface area contributed by atoms with Crippen LogP contribution in [0.15, 0.2) is 48.8 Å². The maximum Gasteiger partial charge on any atom is 0.270 e. The molecule has 0 aromatic carbocycles. The van der Waals surface area contributed by atoms with Gasteiger partial charge in [0.2, 0.25) is 0 Å². The van der Waals surface area contributed by atoms with Gasteiger partial charge in [0, 0.05) is 79.0 Å². The van der Waals surface area contributed by atoms with Gasteiger partial charge >= 0.3 is 0 Å². The number of allylic oxidation sites excluding steroid dienone is 2. The number of hydrogen-bond acceptors (Lipinski definition) is 5. The molecule has 3 N–H and O–H groups in total. The second kappa shape index (κ2) is 9.12. The molecule has 2 unspecified atom stereocenters. The second-order valence-electron chi connectivity index (χ2n) is 10.9. The fourth-order valence-corrected chi connectivity index (χ4v) is 5.61. The Morgan fingerprint density at radius 2 is 2.09 bits per heavy atom. The number of hydrogen-bond donors (Lipinski definition) is 3. The SMILES string of the molecule is CC(C)Nc1cc(-c2cc3n(c2)CC2(CNC2)CN(CC2C=CC=CC2(C)CO)C3=O)c(Cl)cn1. The molecule has 35 heavy (non-hydrogen) atoms. The van der Waals surface area contributed by atoms with Gasteiger partial charge in [0.05, 0.1) is 11.6 Å². The lowest BCUT2D eigenvalue weighted by Crippen LogP contribution is -2.60. The van der Waals surface area contributed by atoms with E-state index in [2.05, 4.69) is 59.3 Å². The van der Waals surface area contributed by atoms with E-state index in [1.807, 2.05) is 29.2 Å². The number of carbonyl (C=O) groups is 1. The van der Waals surface area contributed by atoms with E-state index in [-0.39, 0.29) is 35.3 Å². The van der Waals surface area contributed by atoms with E-state index in [1.165, 1.54) is 0 Å². The summed E-state index contributed by atoms with van der Waals surface area (Å²) in [5.74, 6) is 0.828. The van der Waals surface area contributed by atoms with E-state index in [0.717, 1.165) is 36.6 Å². The first-order chi connectivity index (χ1) is 16.7. The van der Waals surface area contributed by atoms with Crippen LogP contribution in [0.1, 0.15) is 31.3 Å². The van der Waals surface area contributed by atoms with Crippen LogP contribution in [0.25, 0.3) is 11.1 Å². The highest BCUT2D eigenvalue weighted by Crippen LogP contribution is 2.38. The van der Waals surface area contributed by atoms with Gasteiger partial charge in [-0.1, -0.05) is 42.8 Å². The number of amides is 1. The van der Waals surface area contributed by atoms with Crippen LogP contribution in [0, 0.1) is 16.7 Å². The molecular weight excluding hydrogens is 462 g/mol. The first-order valence-electron chi connectivity index (χ1n) is 12.3. The Hall–Kier alpha value is -2.61. The summed E-state index contributed by atoms with van der Waals surface area (Å²) in [4.78, 5) is 20.3. The smallest absolute Gasteiger partial charge is 0.270 e. The molecule has 7 nitrogen and oxygen atoms in total. The quantitative estimate of drug-likeness (QED) is 0.567. The van der Waals surface area contributed by atoms with Gasteiger partial charge in [-0.15, -0.1) is 0 Å². The van der Waals surface area contributed by atoms with Crippen molar-refractivity contribution in [3.8, 4) is 11.1 Å².